The number of methoxy groups -OCH3 is 1. The Kier molecular flexibility index (Phi) is 7.25. The lowest BCUT2D eigenvalue weighted by molar-refractivity contribution is 0.139. The summed E-state index contributed by atoms with van der Waals surface area (Å²) < 4.78 is 34.5. The first-order valence-corrected chi connectivity index (χ1v) is 14.5. The van der Waals surface area contributed by atoms with E-state index in [0.29, 0.717) is 17.4 Å². The quantitative estimate of drug-likeness (QED) is 0.474. The Labute approximate surface area is 228 Å². The van der Waals surface area contributed by atoms with Gasteiger partial charge in [-0.2, -0.15) is 4.31 Å². The fourth-order valence-electron chi connectivity index (χ4n) is 5.41. The van der Waals surface area contributed by atoms with E-state index in [9.17, 15) is 8.42 Å². The highest BCUT2D eigenvalue weighted by molar-refractivity contribution is 7.88. The topological polar surface area (TPSA) is 123 Å². The zero-order chi connectivity index (χ0) is 27.2. The largest absolute Gasteiger partial charge is 0.494 e. The van der Waals surface area contributed by atoms with Crippen LogP contribution in [0.1, 0.15) is 18.4 Å². The highest BCUT2D eigenvalue weighted by atomic mass is 35.5. The molecule has 2 aliphatic rings. The minimum absolute atomic E-state index is 0.196. The van der Waals surface area contributed by atoms with Gasteiger partial charge in [-0.3, -0.25) is 10.6 Å². The summed E-state index contributed by atoms with van der Waals surface area (Å²) in [7, 11) is -1.86. The number of benzene rings is 2. The summed E-state index contributed by atoms with van der Waals surface area (Å²) >= 11 is 6.05. The molecule has 12 heteroatoms. The smallest absolute Gasteiger partial charge is 0.211 e. The molecule has 10 nitrogen and oxygen atoms in total. The van der Waals surface area contributed by atoms with E-state index in [0.717, 1.165) is 28.2 Å². The standard InChI is InChI=1S/C26H32ClN7O3S/c1-4-33-25(28)20-14-32(38(3,35)36)13-19(17-8-6-5-7-9-17)24(20)34(26(33)29)18-10-11-21(22(12-18)37-2)31-15-23(27)30-16-31/h5-12,15-16,19,25-26H,4,13-14,28-29H2,1-3H3. The van der Waals surface area contributed by atoms with Crippen LogP contribution in [0.5, 0.6) is 5.75 Å². The predicted octanol–water partition coefficient (Wildman–Crippen LogP) is 2.52. The summed E-state index contributed by atoms with van der Waals surface area (Å²) in [6.45, 7) is 3.04. The van der Waals surface area contributed by atoms with Crippen LogP contribution in [0.3, 0.4) is 0 Å². The third-order valence-electron chi connectivity index (χ3n) is 7.28. The van der Waals surface area contributed by atoms with Crippen molar-refractivity contribution < 1.29 is 13.2 Å². The lowest BCUT2D eigenvalue weighted by atomic mass is 9.86. The lowest BCUT2D eigenvalue weighted by Crippen LogP contribution is -2.67. The molecule has 0 saturated carbocycles. The molecule has 2 aliphatic heterocycles. The normalized spacial score (nSPS) is 23.0. The maximum Gasteiger partial charge on any atom is 0.211 e. The number of rotatable bonds is 6. The van der Waals surface area contributed by atoms with E-state index in [4.69, 9.17) is 27.8 Å². The van der Waals surface area contributed by atoms with E-state index in [-0.39, 0.29) is 19.0 Å². The first-order chi connectivity index (χ1) is 18.1. The number of nitrogens with two attached hydrogens (primary N) is 2. The van der Waals surface area contributed by atoms with E-state index in [1.54, 1.807) is 24.2 Å². The molecule has 3 heterocycles. The van der Waals surface area contributed by atoms with Crippen LogP contribution in [0.15, 0.2) is 72.3 Å². The molecule has 1 aromatic heterocycles. The SMILES string of the molecule is CCN1C(N)C2=C(C(c3ccccc3)CN(S(C)(=O)=O)C2)N(c2ccc(-n3cnc(Cl)c3)c(OC)c2)C1N. The van der Waals surface area contributed by atoms with Crippen molar-refractivity contribution in [1.29, 1.82) is 0 Å². The minimum Gasteiger partial charge on any atom is -0.494 e. The van der Waals surface area contributed by atoms with E-state index < -0.39 is 22.5 Å². The Morgan fingerprint density at radius 1 is 1.16 bits per heavy atom. The second-order valence-corrected chi connectivity index (χ2v) is 11.8. The number of hydrogen-bond acceptors (Lipinski definition) is 8. The number of ether oxygens (including phenoxy) is 1. The number of sulfonamides is 1. The van der Waals surface area contributed by atoms with Crippen LogP contribution in [-0.4, -0.2) is 72.6 Å². The van der Waals surface area contributed by atoms with Crippen LogP contribution in [0.4, 0.5) is 5.69 Å². The molecule has 0 fully saturated rings. The fraction of sp³-hybridized carbons (Fsp3) is 0.346. The second-order valence-electron chi connectivity index (χ2n) is 9.45. The van der Waals surface area contributed by atoms with Crippen LogP contribution in [0.25, 0.3) is 5.69 Å². The van der Waals surface area contributed by atoms with Crippen molar-refractivity contribution >= 4 is 27.3 Å². The molecule has 38 heavy (non-hydrogen) atoms. The van der Waals surface area contributed by atoms with Gasteiger partial charge in [0, 0.05) is 49.2 Å². The third kappa shape index (κ3) is 4.70. The summed E-state index contributed by atoms with van der Waals surface area (Å²) in [4.78, 5) is 8.13. The van der Waals surface area contributed by atoms with Crippen LogP contribution < -0.4 is 21.1 Å². The van der Waals surface area contributed by atoms with Gasteiger partial charge in [-0.15, -0.1) is 0 Å². The summed E-state index contributed by atoms with van der Waals surface area (Å²) in [5, 5.41) is 0.375. The molecular formula is C26H32ClN7O3S. The van der Waals surface area contributed by atoms with Crippen molar-refractivity contribution in [2.75, 3.05) is 37.9 Å². The molecule has 0 radical (unpaired) electrons. The Morgan fingerprint density at radius 2 is 1.89 bits per heavy atom. The fourth-order valence-corrected chi connectivity index (χ4v) is 6.35. The van der Waals surface area contributed by atoms with Gasteiger partial charge in [0.2, 0.25) is 10.0 Å². The Bertz CT molecular complexity index is 1460. The average Bonchev–Trinajstić information content (AvgIpc) is 3.34. The second kappa shape index (κ2) is 10.3. The van der Waals surface area contributed by atoms with E-state index in [1.165, 1.54) is 10.6 Å². The zero-order valence-electron chi connectivity index (χ0n) is 21.5. The third-order valence-corrected chi connectivity index (χ3v) is 8.69. The van der Waals surface area contributed by atoms with E-state index in [1.807, 2.05) is 60.4 Å². The van der Waals surface area contributed by atoms with E-state index >= 15 is 0 Å². The highest BCUT2D eigenvalue weighted by Crippen LogP contribution is 2.43. The molecule has 4 N–H and O–H groups in total. The number of nitrogens with zero attached hydrogens (tertiary/aromatic N) is 5. The molecular weight excluding hydrogens is 526 g/mol. The molecule has 0 spiro atoms. The first-order valence-electron chi connectivity index (χ1n) is 12.3. The van der Waals surface area contributed by atoms with Crippen molar-refractivity contribution in [2.45, 2.75) is 25.3 Å². The van der Waals surface area contributed by atoms with Gasteiger partial charge in [0.05, 0.1) is 25.2 Å². The summed E-state index contributed by atoms with van der Waals surface area (Å²) in [6, 6.07) is 15.7. The van der Waals surface area contributed by atoms with Crippen LogP contribution in [0.2, 0.25) is 5.15 Å². The lowest BCUT2D eigenvalue weighted by Gasteiger charge is -2.52. The molecule has 0 bridgehead atoms. The number of hydrogen-bond donors (Lipinski definition) is 2. The highest BCUT2D eigenvalue weighted by Gasteiger charge is 2.45. The van der Waals surface area contributed by atoms with Gasteiger partial charge in [0.1, 0.15) is 23.5 Å². The van der Waals surface area contributed by atoms with Gasteiger partial charge in [-0.25, -0.2) is 13.4 Å². The predicted molar refractivity (Wildman–Crippen MR) is 149 cm³/mol. The van der Waals surface area contributed by atoms with Gasteiger partial charge in [0.15, 0.2) is 0 Å². The number of aromatic nitrogens is 2. The molecule has 0 saturated heterocycles. The van der Waals surface area contributed by atoms with Crippen molar-refractivity contribution in [2.24, 2.45) is 11.5 Å². The number of anilines is 1. The van der Waals surface area contributed by atoms with E-state index in [2.05, 4.69) is 9.88 Å². The van der Waals surface area contributed by atoms with Gasteiger partial charge in [-0.05, 0) is 23.3 Å². The first kappa shape index (κ1) is 26.7. The monoisotopic (exact) mass is 557 g/mol. The zero-order valence-corrected chi connectivity index (χ0v) is 23.1. The minimum atomic E-state index is -3.47. The molecule has 3 unspecified atom stereocenters. The van der Waals surface area contributed by atoms with Crippen molar-refractivity contribution in [3.8, 4) is 11.4 Å². The molecule has 2 aromatic carbocycles. The van der Waals surface area contributed by atoms with Crippen LogP contribution in [-0.2, 0) is 10.0 Å². The average molecular weight is 558 g/mol. The Morgan fingerprint density at radius 3 is 2.50 bits per heavy atom. The molecule has 3 atom stereocenters. The van der Waals surface area contributed by atoms with Crippen molar-refractivity contribution in [1.82, 2.24) is 18.8 Å². The molecule has 202 valence electrons. The van der Waals surface area contributed by atoms with Gasteiger partial charge < -0.3 is 19.9 Å². The van der Waals surface area contributed by atoms with Crippen LogP contribution in [0, 0.1) is 0 Å². The van der Waals surface area contributed by atoms with Gasteiger partial charge >= 0.3 is 0 Å². The molecule has 5 rings (SSSR count). The van der Waals surface area contributed by atoms with Crippen molar-refractivity contribution in [3.05, 3.63) is 83.0 Å². The number of likely N-dealkylation sites (N-methyl/N-ethyl adjacent to an activating group) is 1. The van der Waals surface area contributed by atoms with Gasteiger partial charge in [0.25, 0.3) is 0 Å². The summed E-state index contributed by atoms with van der Waals surface area (Å²) in [5.74, 6) is 0.331. The van der Waals surface area contributed by atoms with Crippen LogP contribution >= 0.6 is 11.6 Å². The number of imidazole rings is 1. The molecule has 3 aromatic rings. The van der Waals surface area contributed by atoms with Crippen molar-refractivity contribution in [3.63, 3.8) is 0 Å². The summed E-state index contributed by atoms with van der Waals surface area (Å²) in [5.41, 5.74) is 18.0. The maximum atomic E-state index is 12.7. The Balaban J connectivity index is 1.70. The maximum absolute atomic E-state index is 12.7. The summed E-state index contributed by atoms with van der Waals surface area (Å²) in [6.07, 6.45) is 3.45. The molecule has 0 amide bonds. The Hall–Kier alpha value is -2.93. The van der Waals surface area contributed by atoms with Gasteiger partial charge in [-0.1, -0.05) is 48.9 Å². The number of halogens is 1. The molecule has 0 aliphatic carbocycles.